The number of aromatic nitrogens is 2. The van der Waals surface area contributed by atoms with Gasteiger partial charge in [0.25, 0.3) is 0 Å². The van der Waals surface area contributed by atoms with Gasteiger partial charge in [0.05, 0.1) is 11.0 Å². The monoisotopic (exact) mass is 242 g/mol. The molecule has 1 aromatic heterocycles. The molecule has 0 saturated carbocycles. The first-order chi connectivity index (χ1) is 8.65. The van der Waals surface area contributed by atoms with Gasteiger partial charge in [0.1, 0.15) is 0 Å². The summed E-state index contributed by atoms with van der Waals surface area (Å²) in [6.45, 7) is 6.57. The number of para-hydroxylation sites is 2. The minimum absolute atomic E-state index is 0.537. The lowest BCUT2D eigenvalue weighted by Crippen LogP contribution is -2.22. The van der Waals surface area contributed by atoms with Crippen LogP contribution in [0.15, 0.2) is 24.3 Å². The van der Waals surface area contributed by atoms with E-state index in [9.17, 15) is 0 Å². The summed E-state index contributed by atoms with van der Waals surface area (Å²) in [5, 5.41) is 0. The predicted octanol–water partition coefficient (Wildman–Crippen LogP) is 2.30. The molecule has 2 aromatic rings. The number of fused-ring (bicyclic) bond motifs is 1. The van der Waals surface area contributed by atoms with Gasteiger partial charge in [-0.15, -0.1) is 0 Å². The van der Waals surface area contributed by atoms with Gasteiger partial charge in [-0.1, -0.05) is 26.0 Å². The third-order valence-corrected chi connectivity index (χ3v) is 3.87. The van der Waals surface area contributed by atoms with Crippen LogP contribution in [-0.4, -0.2) is 23.1 Å². The van der Waals surface area contributed by atoms with Crippen LogP contribution < -0.4 is 10.6 Å². The molecule has 2 unspecified atom stereocenters. The van der Waals surface area contributed by atoms with Crippen molar-refractivity contribution in [2.45, 2.75) is 13.8 Å². The molecule has 3 rings (SSSR count). The average Bonchev–Trinajstić information content (AvgIpc) is 2.68. The van der Waals surface area contributed by atoms with E-state index in [1.807, 2.05) is 24.3 Å². The standard InChI is InChI=1S/C14H18N4/c1-9-7-18(8-10(9)2)14-13(15)16-11-5-3-4-6-12(11)17-14/h3-6,9-10H,7-8H2,1-2H3,(H2,15,16). The molecule has 1 aliphatic rings. The summed E-state index contributed by atoms with van der Waals surface area (Å²) in [6, 6.07) is 7.86. The minimum Gasteiger partial charge on any atom is -0.381 e. The number of hydrogen-bond acceptors (Lipinski definition) is 4. The van der Waals surface area contributed by atoms with E-state index in [-0.39, 0.29) is 0 Å². The van der Waals surface area contributed by atoms with E-state index < -0.39 is 0 Å². The fourth-order valence-corrected chi connectivity index (χ4v) is 2.54. The van der Waals surface area contributed by atoms with Gasteiger partial charge in [0, 0.05) is 13.1 Å². The third kappa shape index (κ3) is 1.78. The van der Waals surface area contributed by atoms with Crippen LogP contribution in [-0.2, 0) is 0 Å². The maximum absolute atomic E-state index is 6.04. The van der Waals surface area contributed by atoms with Crippen molar-refractivity contribution in [3.63, 3.8) is 0 Å². The lowest BCUT2D eigenvalue weighted by molar-refractivity contribution is 0.494. The molecule has 94 valence electrons. The van der Waals surface area contributed by atoms with Crippen molar-refractivity contribution in [3.8, 4) is 0 Å². The van der Waals surface area contributed by atoms with E-state index in [1.165, 1.54) is 0 Å². The first kappa shape index (κ1) is 11.3. The van der Waals surface area contributed by atoms with E-state index >= 15 is 0 Å². The Morgan fingerprint density at radius 3 is 2.22 bits per heavy atom. The largest absolute Gasteiger partial charge is 0.381 e. The van der Waals surface area contributed by atoms with Gasteiger partial charge in [-0.05, 0) is 24.0 Å². The highest BCUT2D eigenvalue weighted by atomic mass is 15.2. The van der Waals surface area contributed by atoms with Gasteiger partial charge < -0.3 is 10.6 Å². The van der Waals surface area contributed by atoms with Crippen molar-refractivity contribution in [2.75, 3.05) is 23.7 Å². The molecular formula is C14H18N4. The molecule has 0 spiro atoms. The van der Waals surface area contributed by atoms with Crippen LogP contribution in [0.25, 0.3) is 11.0 Å². The second-order valence-electron chi connectivity index (χ2n) is 5.28. The van der Waals surface area contributed by atoms with Crippen molar-refractivity contribution < 1.29 is 0 Å². The number of nitrogens with zero attached hydrogens (tertiary/aromatic N) is 3. The van der Waals surface area contributed by atoms with Gasteiger partial charge in [-0.3, -0.25) is 0 Å². The number of anilines is 2. The van der Waals surface area contributed by atoms with Gasteiger partial charge in [0.15, 0.2) is 11.6 Å². The Kier molecular flexibility index (Phi) is 2.58. The molecule has 0 amide bonds. The van der Waals surface area contributed by atoms with Crippen molar-refractivity contribution in [1.29, 1.82) is 0 Å². The number of rotatable bonds is 1. The molecule has 1 saturated heterocycles. The Morgan fingerprint density at radius 1 is 1.06 bits per heavy atom. The first-order valence-electron chi connectivity index (χ1n) is 6.42. The van der Waals surface area contributed by atoms with Crippen LogP contribution >= 0.6 is 0 Å². The van der Waals surface area contributed by atoms with Crippen LogP contribution in [0.1, 0.15) is 13.8 Å². The van der Waals surface area contributed by atoms with Gasteiger partial charge in [0.2, 0.25) is 0 Å². The zero-order valence-electron chi connectivity index (χ0n) is 10.8. The van der Waals surface area contributed by atoms with Crippen molar-refractivity contribution >= 4 is 22.7 Å². The summed E-state index contributed by atoms with van der Waals surface area (Å²) in [5.74, 6) is 2.73. The van der Waals surface area contributed by atoms with Crippen LogP contribution in [0, 0.1) is 11.8 Å². The lowest BCUT2D eigenvalue weighted by atomic mass is 10.0. The number of hydrogen-bond donors (Lipinski definition) is 1. The second kappa shape index (κ2) is 4.12. The van der Waals surface area contributed by atoms with Crippen LogP contribution in [0.4, 0.5) is 11.6 Å². The molecule has 1 fully saturated rings. The highest BCUT2D eigenvalue weighted by Crippen LogP contribution is 2.30. The van der Waals surface area contributed by atoms with E-state index in [2.05, 4.69) is 28.7 Å². The van der Waals surface area contributed by atoms with Crippen molar-refractivity contribution in [2.24, 2.45) is 11.8 Å². The molecule has 0 radical (unpaired) electrons. The average molecular weight is 242 g/mol. The summed E-state index contributed by atoms with van der Waals surface area (Å²) in [5.41, 5.74) is 7.81. The molecule has 0 aliphatic carbocycles. The summed E-state index contributed by atoms with van der Waals surface area (Å²) in [4.78, 5) is 11.4. The Balaban J connectivity index is 2.04. The molecule has 1 aliphatic heterocycles. The lowest BCUT2D eigenvalue weighted by Gasteiger charge is -2.18. The minimum atomic E-state index is 0.537. The molecule has 2 N–H and O–H groups in total. The van der Waals surface area contributed by atoms with E-state index in [4.69, 9.17) is 5.73 Å². The highest BCUT2D eigenvalue weighted by Gasteiger charge is 2.28. The number of benzene rings is 1. The zero-order chi connectivity index (χ0) is 12.7. The number of nitrogens with two attached hydrogens (primary N) is 1. The molecule has 2 heterocycles. The van der Waals surface area contributed by atoms with E-state index in [1.54, 1.807) is 0 Å². The van der Waals surface area contributed by atoms with Crippen LogP contribution in [0.2, 0.25) is 0 Å². The number of nitrogen functional groups attached to an aromatic ring is 1. The molecular weight excluding hydrogens is 224 g/mol. The molecule has 4 heteroatoms. The molecule has 2 atom stereocenters. The van der Waals surface area contributed by atoms with Gasteiger partial charge in [-0.2, -0.15) is 0 Å². The Bertz CT molecular complexity index is 571. The van der Waals surface area contributed by atoms with Crippen LogP contribution in [0.5, 0.6) is 0 Å². The Labute approximate surface area is 107 Å². The zero-order valence-corrected chi connectivity index (χ0v) is 10.8. The van der Waals surface area contributed by atoms with Crippen LogP contribution in [0.3, 0.4) is 0 Å². The topological polar surface area (TPSA) is 55.0 Å². The molecule has 1 aromatic carbocycles. The smallest absolute Gasteiger partial charge is 0.172 e. The molecule has 0 bridgehead atoms. The van der Waals surface area contributed by atoms with Gasteiger partial charge >= 0.3 is 0 Å². The highest BCUT2D eigenvalue weighted by molar-refractivity contribution is 5.79. The quantitative estimate of drug-likeness (QED) is 0.833. The van der Waals surface area contributed by atoms with Gasteiger partial charge in [-0.25, -0.2) is 9.97 Å². The molecule has 18 heavy (non-hydrogen) atoms. The predicted molar refractivity (Wildman–Crippen MR) is 74.5 cm³/mol. The first-order valence-corrected chi connectivity index (χ1v) is 6.42. The normalized spacial score (nSPS) is 23.8. The summed E-state index contributed by atoms with van der Waals surface area (Å²) >= 11 is 0. The molecule has 4 nitrogen and oxygen atoms in total. The Hall–Kier alpha value is -1.84. The maximum Gasteiger partial charge on any atom is 0.172 e. The second-order valence-corrected chi connectivity index (χ2v) is 5.28. The summed E-state index contributed by atoms with van der Waals surface area (Å²) in [7, 11) is 0. The van der Waals surface area contributed by atoms with E-state index in [0.717, 1.165) is 29.9 Å². The van der Waals surface area contributed by atoms with E-state index in [0.29, 0.717) is 17.7 Å². The SMILES string of the molecule is CC1CN(c2nc3ccccc3nc2N)CC1C. The van der Waals surface area contributed by atoms with Crippen molar-refractivity contribution in [1.82, 2.24) is 9.97 Å². The van der Waals surface area contributed by atoms with Crippen molar-refractivity contribution in [3.05, 3.63) is 24.3 Å². The fraction of sp³-hybridized carbons (Fsp3) is 0.429. The maximum atomic E-state index is 6.04. The fourth-order valence-electron chi connectivity index (χ4n) is 2.54. The summed E-state index contributed by atoms with van der Waals surface area (Å²) < 4.78 is 0. The third-order valence-electron chi connectivity index (χ3n) is 3.87. The summed E-state index contributed by atoms with van der Waals surface area (Å²) in [6.07, 6.45) is 0. The Morgan fingerprint density at radius 2 is 1.61 bits per heavy atom.